The highest BCUT2D eigenvalue weighted by Gasteiger charge is 2.15. The first-order valence-corrected chi connectivity index (χ1v) is 4.27. The summed E-state index contributed by atoms with van der Waals surface area (Å²) in [4.78, 5) is 3.93. The molecular weight excluding hydrogens is 188 g/mol. The Bertz CT molecular complexity index is 315. The minimum Gasteiger partial charge on any atom is -0.396 e. The molecule has 0 radical (unpaired) electrons. The van der Waals surface area contributed by atoms with Crippen molar-refractivity contribution in [2.45, 2.75) is 26.3 Å². The Balaban J connectivity index is 2.77. The van der Waals surface area contributed by atoms with E-state index >= 15 is 0 Å². The van der Waals surface area contributed by atoms with Crippen molar-refractivity contribution in [3.8, 4) is 0 Å². The van der Waals surface area contributed by atoms with Crippen LogP contribution < -0.4 is 11.1 Å². The lowest BCUT2D eigenvalue weighted by atomic mass is 10.2. The van der Waals surface area contributed by atoms with E-state index in [0.717, 1.165) is 5.56 Å². The molecule has 0 aliphatic carbocycles. The van der Waals surface area contributed by atoms with E-state index in [1.807, 2.05) is 6.92 Å². The first-order chi connectivity index (χ1) is 6.50. The van der Waals surface area contributed by atoms with Gasteiger partial charge < -0.3 is 11.1 Å². The molecule has 0 fully saturated rings. The van der Waals surface area contributed by atoms with Crippen molar-refractivity contribution >= 4 is 11.5 Å². The molecule has 5 heteroatoms. The van der Waals surface area contributed by atoms with Gasteiger partial charge in [-0.15, -0.1) is 0 Å². The van der Waals surface area contributed by atoms with Crippen molar-refractivity contribution in [1.29, 1.82) is 0 Å². The van der Waals surface area contributed by atoms with Crippen LogP contribution in [0.15, 0.2) is 12.3 Å². The highest BCUT2D eigenvalue weighted by atomic mass is 19.3. The van der Waals surface area contributed by atoms with Crippen molar-refractivity contribution in [2.24, 2.45) is 0 Å². The molecule has 1 unspecified atom stereocenters. The van der Waals surface area contributed by atoms with E-state index in [2.05, 4.69) is 10.3 Å². The third-order valence-corrected chi connectivity index (χ3v) is 1.80. The van der Waals surface area contributed by atoms with Gasteiger partial charge in [0.25, 0.3) is 6.43 Å². The molecule has 0 saturated heterocycles. The molecule has 1 aromatic heterocycles. The number of alkyl halides is 2. The molecule has 0 aliphatic rings. The molecule has 14 heavy (non-hydrogen) atoms. The Morgan fingerprint density at radius 3 is 2.64 bits per heavy atom. The van der Waals surface area contributed by atoms with Gasteiger partial charge in [-0.2, -0.15) is 0 Å². The molecule has 0 aliphatic heterocycles. The molecule has 1 aromatic rings. The van der Waals surface area contributed by atoms with Gasteiger partial charge in [-0.3, -0.25) is 0 Å². The van der Waals surface area contributed by atoms with E-state index in [9.17, 15) is 8.78 Å². The summed E-state index contributed by atoms with van der Waals surface area (Å²) in [5.41, 5.74) is 6.89. The Labute approximate surface area is 81.3 Å². The zero-order valence-corrected chi connectivity index (χ0v) is 8.09. The molecule has 0 saturated carbocycles. The first-order valence-electron chi connectivity index (χ1n) is 4.27. The zero-order chi connectivity index (χ0) is 10.7. The minimum atomic E-state index is -2.43. The summed E-state index contributed by atoms with van der Waals surface area (Å²) < 4.78 is 24.4. The molecule has 1 atom stereocenters. The van der Waals surface area contributed by atoms with Crippen molar-refractivity contribution in [3.63, 3.8) is 0 Å². The maximum atomic E-state index is 12.2. The van der Waals surface area contributed by atoms with E-state index in [1.165, 1.54) is 6.92 Å². The zero-order valence-electron chi connectivity index (χ0n) is 8.09. The van der Waals surface area contributed by atoms with Gasteiger partial charge in [-0.05, 0) is 25.5 Å². The van der Waals surface area contributed by atoms with Crippen LogP contribution >= 0.6 is 0 Å². The number of nitrogens with one attached hydrogen (secondary N) is 1. The number of aryl methyl sites for hydroxylation is 1. The monoisotopic (exact) mass is 201 g/mol. The van der Waals surface area contributed by atoms with Gasteiger partial charge in [0, 0.05) is 6.20 Å². The van der Waals surface area contributed by atoms with E-state index in [0.29, 0.717) is 11.5 Å². The predicted molar refractivity (Wildman–Crippen MR) is 52.5 cm³/mol. The minimum absolute atomic E-state index is 0.309. The Hall–Kier alpha value is -1.39. The summed E-state index contributed by atoms with van der Waals surface area (Å²) in [6.45, 7) is 3.22. The van der Waals surface area contributed by atoms with Crippen LogP contribution in [0.4, 0.5) is 20.3 Å². The number of anilines is 2. The Morgan fingerprint density at radius 1 is 1.50 bits per heavy atom. The largest absolute Gasteiger partial charge is 0.396 e. The van der Waals surface area contributed by atoms with Gasteiger partial charge in [-0.25, -0.2) is 13.8 Å². The van der Waals surface area contributed by atoms with Crippen LogP contribution in [0.25, 0.3) is 0 Å². The fourth-order valence-corrected chi connectivity index (χ4v) is 0.991. The molecule has 78 valence electrons. The molecule has 0 bridgehead atoms. The Morgan fingerprint density at radius 2 is 2.14 bits per heavy atom. The first kappa shape index (κ1) is 10.7. The number of halogens is 2. The molecule has 1 heterocycles. The number of rotatable bonds is 3. The van der Waals surface area contributed by atoms with Gasteiger partial charge in [0.05, 0.1) is 11.7 Å². The van der Waals surface area contributed by atoms with E-state index in [-0.39, 0.29) is 0 Å². The number of aromatic nitrogens is 1. The lowest BCUT2D eigenvalue weighted by molar-refractivity contribution is 0.130. The SMILES string of the molecule is Cc1cnc(NC(C)C(F)F)c(N)c1. The van der Waals surface area contributed by atoms with Crippen molar-refractivity contribution in [1.82, 2.24) is 4.98 Å². The number of hydrogen-bond donors (Lipinski definition) is 2. The van der Waals surface area contributed by atoms with Crippen molar-refractivity contribution in [3.05, 3.63) is 17.8 Å². The van der Waals surface area contributed by atoms with Crippen LogP contribution in [-0.2, 0) is 0 Å². The van der Waals surface area contributed by atoms with Crippen LogP contribution in [0.3, 0.4) is 0 Å². The highest BCUT2D eigenvalue weighted by Crippen LogP contribution is 2.18. The average Bonchev–Trinajstić information content (AvgIpc) is 2.09. The van der Waals surface area contributed by atoms with Crippen molar-refractivity contribution in [2.75, 3.05) is 11.1 Å². The summed E-state index contributed by atoms with van der Waals surface area (Å²) in [5, 5.41) is 2.55. The second-order valence-corrected chi connectivity index (χ2v) is 3.22. The molecule has 0 spiro atoms. The van der Waals surface area contributed by atoms with Gasteiger partial charge in [0.15, 0.2) is 0 Å². The second-order valence-electron chi connectivity index (χ2n) is 3.22. The molecule has 1 rings (SSSR count). The normalized spacial score (nSPS) is 12.9. The van der Waals surface area contributed by atoms with Crippen LogP contribution in [-0.4, -0.2) is 17.5 Å². The van der Waals surface area contributed by atoms with Crippen LogP contribution in [0.1, 0.15) is 12.5 Å². The maximum absolute atomic E-state index is 12.2. The molecule has 0 aromatic carbocycles. The number of nitrogens with two attached hydrogens (primary N) is 1. The van der Waals surface area contributed by atoms with Crippen molar-refractivity contribution < 1.29 is 8.78 Å². The van der Waals surface area contributed by atoms with E-state index < -0.39 is 12.5 Å². The topological polar surface area (TPSA) is 50.9 Å². The smallest absolute Gasteiger partial charge is 0.258 e. The summed E-state index contributed by atoms with van der Waals surface area (Å²) in [6, 6.07) is 0.737. The van der Waals surface area contributed by atoms with Gasteiger partial charge in [0.1, 0.15) is 5.82 Å². The number of nitrogen functional groups attached to an aromatic ring is 1. The summed E-state index contributed by atoms with van der Waals surface area (Å²) in [7, 11) is 0. The number of hydrogen-bond acceptors (Lipinski definition) is 3. The molecule has 3 nitrogen and oxygen atoms in total. The summed E-state index contributed by atoms with van der Waals surface area (Å²) in [5.74, 6) is 0.309. The van der Waals surface area contributed by atoms with Crippen LogP contribution in [0.5, 0.6) is 0 Å². The fourth-order valence-electron chi connectivity index (χ4n) is 0.991. The number of nitrogens with zero attached hydrogens (tertiary/aromatic N) is 1. The second kappa shape index (κ2) is 4.21. The number of pyridine rings is 1. The van der Waals surface area contributed by atoms with E-state index in [4.69, 9.17) is 5.73 Å². The molecule has 3 N–H and O–H groups in total. The molecule has 0 amide bonds. The van der Waals surface area contributed by atoms with Gasteiger partial charge >= 0.3 is 0 Å². The highest BCUT2D eigenvalue weighted by molar-refractivity contribution is 5.61. The Kier molecular flexibility index (Phi) is 3.22. The molecular formula is C9H13F2N3. The maximum Gasteiger partial charge on any atom is 0.258 e. The predicted octanol–water partition coefficient (Wildman–Crippen LogP) is 2.04. The van der Waals surface area contributed by atoms with Crippen LogP contribution in [0, 0.1) is 6.92 Å². The quantitative estimate of drug-likeness (QED) is 0.786. The average molecular weight is 201 g/mol. The third kappa shape index (κ3) is 2.55. The van der Waals surface area contributed by atoms with Gasteiger partial charge in [-0.1, -0.05) is 0 Å². The lowest BCUT2D eigenvalue weighted by Gasteiger charge is -2.14. The van der Waals surface area contributed by atoms with Crippen LogP contribution in [0.2, 0.25) is 0 Å². The standard InChI is InChI=1S/C9H13F2N3/c1-5-3-7(12)9(13-4-5)14-6(2)8(10)11/h3-4,6,8H,12H2,1-2H3,(H,13,14). The lowest BCUT2D eigenvalue weighted by Crippen LogP contribution is -2.24. The summed E-state index contributed by atoms with van der Waals surface area (Å²) >= 11 is 0. The summed E-state index contributed by atoms with van der Waals surface area (Å²) in [6.07, 6.45) is -0.853. The fraction of sp³-hybridized carbons (Fsp3) is 0.444. The third-order valence-electron chi connectivity index (χ3n) is 1.80. The van der Waals surface area contributed by atoms with Gasteiger partial charge in [0.2, 0.25) is 0 Å². The van der Waals surface area contributed by atoms with E-state index in [1.54, 1.807) is 12.3 Å².